The maximum atomic E-state index is 10.8. The molecule has 1 aromatic rings. The van der Waals surface area contributed by atoms with E-state index in [0.29, 0.717) is 12.0 Å². The highest BCUT2D eigenvalue weighted by Crippen LogP contribution is 2.22. The van der Waals surface area contributed by atoms with Gasteiger partial charge in [-0.05, 0) is 31.5 Å². The number of rotatable bonds is 5. The molecule has 0 amide bonds. The number of carboxylic acid groups (broad SMARTS) is 1. The Hall–Kier alpha value is -1.39. The molecule has 1 aromatic carbocycles. The average Bonchev–Trinajstić information content (AvgIpc) is 2.39. The molecule has 4 heteroatoms. The quantitative estimate of drug-likeness (QED) is 0.892. The Morgan fingerprint density at radius 3 is 2.70 bits per heavy atom. The third-order valence-electron chi connectivity index (χ3n) is 4.14. The number of likely N-dealkylation sites (tertiary alicyclic amines) is 1. The number of hydrogen-bond acceptors (Lipinski definition) is 3. The first-order valence-electron chi connectivity index (χ1n) is 7.24. The summed E-state index contributed by atoms with van der Waals surface area (Å²) in [5, 5.41) is 8.90. The van der Waals surface area contributed by atoms with Gasteiger partial charge in [0.05, 0.1) is 6.54 Å². The lowest BCUT2D eigenvalue weighted by molar-refractivity contribution is -0.139. The van der Waals surface area contributed by atoms with Crippen molar-refractivity contribution in [1.82, 2.24) is 9.80 Å². The number of piperidine rings is 1. The van der Waals surface area contributed by atoms with Crippen molar-refractivity contribution < 1.29 is 9.90 Å². The van der Waals surface area contributed by atoms with Crippen LogP contribution < -0.4 is 0 Å². The van der Waals surface area contributed by atoms with E-state index in [2.05, 4.69) is 36.1 Å². The first-order chi connectivity index (χ1) is 9.56. The van der Waals surface area contributed by atoms with Crippen molar-refractivity contribution in [2.75, 3.05) is 26.7 Å². The first kappa shape index (κ1) is 15.0. The van der Waals surface area contributed by atoms with Crippen LogP contribution in [0.4, 0.5) is 0 Å². The van der Waals surface area contributed by atoms with Crippen LogP contribution in [0.3, 0.4) is 0 Å². The van der Waals surface area contributed by atoms with Crippen molar-refractivity contribution in [3.8, 4) is 0 Å². The molecule has 0 saturated carbocycles. The SMILES string of the molecule is CC1CN(Cc2ccccc2)CCC1N(C)CC(=O)O. The lowest BCUT2D eigenvalue weighted by atomic mass is 9.92. The molecule has 4 nitrogen and oxygen atoms in total. The number of aliphatic carboxylic acids is 1. The van der Waals surface area contributed by atoms with Crippen LogP contribution in [-0.4, -0.2) is 53.6 Å². The topological polar surface area (TPSA) is 43.8 Å². The predicted molar refractivity (Wildman–Crippen MR) is 79.6 cm³/mol. The van der Waals surface area contributed by atoms with E-state index in [0.717, 1.165) is 26.1 Å². The van der Waals surface area contributed by atoms with Crippen molar-refractivity contribution >= 4 is 5.97 Å². The van der Waals surface area contributed by atoms with Gasteiger partial charge >= 0.3 is 5.97 Å². The summed E-state index contributed by atoms with van der Waals surface area (Å²) >= 11 is 0. The van der Waals surface area contributed by atoms with E-state index in [1.54, 1.807) is 0 Å². The van der Waals surface area contributed by atoms with Crippen molar-refractivity contribution in [2.24, 2.45) is 5.92 Å². The molecule has 1 aliphatic rings. The molecule has 1 saturated heterocycles. The summed E-state index contributed by atoms with van der Waals surface area (Å²) in [7, 11) is 1.92. The monoisotopic (exact) mass is 276 g/mol. The molecule has 1 fully saturated rings. The second-order valence-corrected chi connectivity index (χ2v) is 5.86. The van der Waals surface area contributed by atoms with Crippen molar-refractivity contribution in [3.63, 3.8) is 0 Å². The van der Waals surface area contributed by atoms with Gasteiger partial charge < -0.3 is 5.11 Å². The van der Waals surface area contributed by atoms with Crippen LogP contribution in [0.15, 0.2) is 30.3 Å². The Balaban J connectivity index is 1.87. The second kappa shape index (κ2) is 6.86. The Morgan fingerprint density at radius 2 is 2.10 bits per heavy atom. The minimum absolute atomic E-state index is 0.133. The zero-order chi connectivity index (χ0) is 14.5. The van der Waals surface area contributed by atoms with Gasteiger partial charge in [0.25, 0.3) is 0 Å². The van der Waals surface area contributed by atoms with E-state index in [1.807, 2.05) is 18.0 Å². The maximum absolute atomic E-state index is 10.8. The summed E-state index contributed by atoms with van der Waals surface area (Å²) in [6, 6.07) is 10.9. The van der Waals surface area contributed by atoms with Crippen molar-refractivity contribution in [3.05, 3.63) is 35.9 Å². The van der Waals surface area contributed by atoms with Crippen LogP contribution in [-0.2, 0) is 11.3 Å². The Bertz CT molecular complexity index is 435. The van der Waals surface area contributed by atoms with E-state index in [-0.39, 0.29) is 6.54 Å². The van der Waals surface area contributed by atoms with E-state index in [9.17, 15) is 4.79 Å². The normalized spacial score (nSPS) is 23.9. The number of benzene rings is 1. The molecule has 0 radical (unpaired) electrons. The van der Waals surface area contributed by atoms with Crippen molar-refractivity contribution in [2.45, 2.75) is 25.9 Å². The second-order valence-electron chi connectivity index (χ2n) is 5.86. The number of likely N-dealkylation sites (N-methyl/N-ethyl adjacent to an activating group) is 1. The molecule has 0 spiro atoms. The molecule has 110 valence electrons. The average molecular weight is 276 g/mol. The summed E-state index contributed by atoms with van der Waals surface area (Å²) < 4.78 is 0. The highest BCUT2D eigenvalue weighted by atomic mass is 16.4. The highest BCUT2D eigenvalue weighted by Gasteiger charge is 2.29. The molecular weight excluding hydrogens is 252 g/mol. The number of carboxylic acids is 1. The summed E-state index contributed by atoms with van der Waals surface area (Å²) in [6.07, 6.45) is 1.04. The lowest BCUT2D eigenvalue weighted by Gasteiger charge is -2.40. The van der Waals surface area contributed by atoms with Gasteiger partial charge in [-0.15, -0.1) is 0 Å². The molecule has 1 heterocycles. The third-order valence-corrected chi connectivity index (χ3v) is 4.14. The summed E-state index contributed by atoms with van der Waals surface area (Å²) in [5.74, 6) is -0.247. The fourth-order valence-electron chi connectivity index (χ4n) is 3.19. The molecule has 1 N–H and O–H groups in total. The number of nitrogens with zero attached hydrogens (tertiary/aromatic N) is 2. The Labute approximate surface area is 121 Å². The van der Waals surface area contributed by atoms with E-state index < -0.39 is 5.97 Å². The third kappa shape index (κ3) is 4.05. The molecule has 0 aliphatic carbocycles. The van der Waals surface area contributed by atoms with Crippen LogP contribution in [0.25, 0.3) is 0 Å². The lowest BCUT2D eigenvalue weighted by Crippen LogP contribution is -2.49. The Morgan fingerprint density at radius 1 is 1.40 bits per heavy atom. The molecular formula is C16H24N2O2. The van der Waals surface area contributed by atoms with Gasteiger partial charge in [0.2, 0.25) is 0 Å². The number of carbonyl (C=O) groups is 1. The van der Waals surface area contributed by atoms with Crippen LogP contribution in [0.5, 0.6) is 0 Å². The van der Waals surface area contributed by atoms with E-state index >= 15 is 0 Å². The fraction of sp³-hybridized carbons (Fsp3) is 0.562. The molecule has 2 rings (SSSR count). The van der Waals surface area contributed by atoms with Crippen LogP contribution >= 0.6 is 0 Å². The summed E-state index contributed by atoms with van der Waals surface area (Å²) in [6.45, 7) is 5.41. The van der Waals surface area contributed by atoms with Crippen molar-refractivity contribution in [1.29, 1.82) is 0 Å². The molecule has 2 atom stereocenters. The molecule has 0 aromatic heterocycles. The van der Waals surface area contributed by atoms with Gasteiger partial charge in [-0.25, -0.2) is 0 Å². The first-order valence-corrected chi connectivity index (χ1v) is 7.24. The smallest absolute Gasteiger partial charge is 0.317 e. The highest BCUT2D eigenvalue weighted by molar-refractivity contribution is 5.69. The fourth-order valence-corrected chi connectivity index (χ4v) is 3.19. The van der Waals surface area contributed by atoms with Gasteiger partial charge in [0.15, 0.2) is 0 Å². The van der Waals surface area contributed by atoms with Gasteiger partial charge in [-0.2, -0.15) is 0 Å². The van der Waals surface area contributed by atoms with E-state index in [4.69, 9.17) is 5.11 Å². The Kier molecular flexibility index (Phi) is 5.15. The molecule has 20 heavy (non-hydrogen) atoms. The standard InChI is InChI=1S/C16H24N2O2/c1-13-10-18(11-14-6-4-3-5-7-14)9-8-15(13)17(2)12-16(19)20/h3-7,13,15H,8-12H2,1-2H3,(H,19,20). The summed E-state index contributed by atoms with van der Waals surface area (Å²) in [5.41, 5.74) is 1.34. The number of hydrogen-bond donors (Lipinski definition) is 1. The maximum Gasteiger partial charge on any atom is 0.317 e. The predicted octanol–water partition coefficient (Wildman–Crippen LogP) is 1.91. The minimum atomic E-state index is -0.744. The largest absolute Gasteiger partial charge is 0.480 e. The van der Waals surface area contributed by atoms with Gasteiger partial charge in [-0.1, -0.05) is 37.3 Å². The van der Waals surface area contributed by atoms with Crippen LogP contribution in [0, 0.1) is 5.92 Å². The van der Waals surface area contributed by atoms with Crippen LogP contribution in [0.2, 0.25) is 0 Å². The zero-order valence-corrected chi connectivity index (χ0v) is 12.3. The summed E-state index contributed by atoms with van der Waals surface area (Å²) in [4.78, 5) is 15.3. The van der Waals surface area contributed by atoms with Gasteiger partial charge in [0.1, 0.15) is 0 Å². The zero-order valence-electron chi connectivity index (χ0n) is 12.3. The van der Waals surface area contributed by atoms with Crippen LogP contribution in [0.1, 0.15) is 18.9 Å². The minimum Gasteiger partial charge on any atom is -0.480 e. The van der Waals surface area contributed by atoms with Gasteiger partial charge in [0, 0.05) is 19.1 Å². The molecule has 1 aliphatic heterocycles. The molecule has 0 bridgehead atoms. The van der Waals surface area contributed by atoms with E-state index in [1.165, 1.54) is 5.56 Å². The molecule has 2 unspecified atom stereocenters. The van der Waals surface area contributed by atoms with Gasteiger partial charge in [-0.3, -0.25) is 14.6 Å².